The van der Waals surface area contributed by atoms with Gasteiger partial charge in [-0.05, 0) is 16.9 Å². The van der Waals surface area contributed by atoms with Crippen molar-refractivity contribution in [2.75, 3.05) is 0 Å². The van der Waals surface area contributed by atoms with Gasteiger partial charge in [0.2, 0.25) is 0 Å². The van der Waals surface area contributed by atoms with Crippen LogP contribution >= 0.6 is 0 Å². The van der Waals surface area contributed by atoms with Gasteiger partial charge in [-0.2, -0.15) is 5.26 Å². The second-order valence-electron chi connectivity index (χ2n) is 3.12. The van der Waals surface area contributed by atoms with Crippen molar-refractivity contribution in [3.05, 3.63) is 0 Å². The summed E-state index contributed by atoms with van der Waals surface area (Å²) in [6.45, 7) is 2.15. The van der Waals surface area contributed by atoms with Crippen LogP contribution in [0.25, 0.3) is 0 Å². The maximum atomic E-state index is 8.82. The third kappa shape index (κ3) is 2.58. The van der Waals surface area contributed by atoms with E-state index in [4.69, 9.17) is 5.26 Å². The number of hydrogen-bond acceptors (Lipinski definition) is 5. The standard InChI is InChI=1S/C8H13N5/c1-2-3-4-5-6-8(7-9)10-12-13-11-8/h2-6H2,1H3. The molecule has 0 saturated heterocycles. The van der Waals surface area contributed by atoms with Gasteiger partial charge in [0.15, 0.2) is 0 Å². The van der Waals surface area contributed by atoms with Crippen molar-refractivity contribution in [1.82, 2.24) is 0 Å². The van der Waals surface area contributed by atoms with Crippen LogP contribution in [0.2, 0.25) is 0 Å². The first-order chi connectivity index (χ1) is 6.33. The van der Waals surface area contributed by atoms with Crippen LogP contribution in [0.4, 0.5) is 0 Å². The zero-order chi connectivity index (χ0) is 9.57. The minimum absolute atomic E-state index is 0.635. The molecule has 1 aliphatic heterocycles. The summed E-state index contributed by atoms with van der Waals surface area (Å²) in [7, 11) is 0. The minimum Gasteiger partial charge on any atom is -0.193 e. The molecule has 0 N–H and O–H groups in total. The number of unbranched alkanes of at least 4 members (excludes halogenated alkanes) is 3. The van der Waals surface area contributed by atoms with Crippen LogP contribution in [0, 0.1) is 11.3 Å². The number of hydrogen-bond donors (Lipinski definition) is 0. The van der Waals surface area contributed by atoms with Crippen LogP contribution in [0.3, 0.4) is 0 Å². The summed E-state index contributed by atoms with van der Waals surface area (Å²) in [6, 6.07) is 2.03. The van der Waals surface area contributed by atoms with Crippen molar-refractivity contribution in [1.29, 1.82) is 5.26 Å². The molecule has 0 amide bonds. The molecule has 13 heavy (non-hydrogen) atoms. The Morgan fingerprint density at radius 1 is 1.15 bits per heavy atom. The molecule has 0 fully saturated rings. The van der Waals surface area contributed by atoms with Gasteiger partial charge in [0.05, 0.1) is 0 Å². The Labute approximate surface area is 77.5 Å². The largest absolute Gasteiger partial charge is 0.279 e. The monoisotopic (exact) mass is 179 g/mol. The Bertz CT molecular complexity index is 238. The third-order valence-corrected chi connectivity index (χ3v) is 2.02. The van der Waals surface area contributed by atoms with E-state index in [0.29, 0.717) is 6.42 Å². The first-order valence-corrected chi connectivity index (χ1v) is 4.58. The van der Waals surface area contributed by atoms with Gasteiger partial charge < -0.3 is 0 Å². The molecular formula is C8H13N5. The van der Waals surface area contributed by atoms with Gasteiger partial charge in [-0.1, -0.05) is 26.2 Å². The fourth-order valence-electron chi connectivity index (χ4n) is 1.21. The van der Waals surface area contributed by atoms with Gasteiger partial charge in [0, 0.05) is 6.42 Å². The fraction of sp³-hybridized carbons (Fsp3) is 0.875. The van der Waals surface area contributed by atoms with Crippen molar-refractivity contribution in [2.45, 2.75) is 44.7 Å². The van der Waals surface area contributed by atoms with Crippen LogP contribution in [-0.2, 0) is 0 Å². The van der Waals surface area contributed by atoms with Crippen molar-refractivity contribution in [3.8, 4) is 6.07 Å². The zero-order valence-electron chi connectivity index (χ0n) is 7.77. The van der Waals surface area contributed by atoms with Crippen LogP contribution in [-0.4, -0.2) is 5.66 Å². The van der Waals surface area contributed by atoms with Crippen LogP contribution in [0.5, 0.6) is 0 Å². The first-order valence-electron chi connectivity index (χ1n) is 4.58. The maximum Gasteiger partial charge on any atom is 0.279 e. The van der Waals surface area contributed by atoms with E-state index in [1.165, 1.54) is 12.8 Å². The number of rotatable bonds is 5. The molecule has 0 bridgehead atoms. The predicted octanol–water partition coefficient (Wildman–Crippen LogP) is 3.01. The summed E-state index contributed by atoms with van der Waals surface area (Å²) < 4.78 is 0. The lowest BCUT2D eigenvalue weighted by Gasteiger charge is -2.08. The van der Waals surface area contributed by atoms with E-state index in [0.717, 1.165) is 12.8 Å². The molecule has 0 radical (unpaired) electrons. The van der Waals surface area contributed by atoms with Crippen molar-refractivity contribution < 1.29 is 0 Å². The molecule has 70 valence electrons. The Morgan fingerprint density at radius 2 is 1.85 bits per heavy atom. The van der Waals surface area contributed by atoms with Crippen molar-refractivity contribution >= 4 is 0 Å². The quantitative estimate of drug-likeness (QED) is 0.598. The van der Waals surface area contributed by atoms with Crippen molar-refractivity contribution in [2.24, 2.45) is 20.7 Å². The lowest BCUT2D eigenvalue weighted by atomic mass is 10.0. The van der Waals surface area contributed by atoms with Gasteiger partial charge >= 0.3 is 0 Å². The van der Waals surface area contributed by atoms with Crippen molar-refractivity contribution in [3.63, 3.8) is 0 Å². The normalized spacial score (nSPS) is 17.5. The zero-order valence-corrected chi connectivity index (χ0v) is 7.77. The molecule has 0 saturated carbocycles. The van der Waals surface area contributed by atoms with E-state index < -0.39 is 5.66 Å². The Balaban J connectivity index is 2.30. The first kappa shape index (κ1) is 9.78. The van der Waals surface area contributed by atoms with E-state index in [2.05, 4.69) is 27.6 Å². The van der Waals surface area contributed by atoms with Gasteiger partial charge in [-0.15, -0.1) is 10.2 Å². The van der Waals surface area contributed by atoms with Crippen LogP contribution in [0.15, 0.2) is 20.7 Å². The fourth-order valence-corrected chi connectivity index (χ4v) is 1.21. The average molecular weight is 179 g/mol. The van der Waals surface area contributed by atoms with E-state index in [9.17, 15) is 0 Å². The summed E-state index contributed by atoms with van der Waals surface area (Å²) in [6.07, 6.45) is 5.08. The number of nitrogens with zero attached hydrogens (tertiary/aromatic N) is 5. The molecule has 0 aromatic carbocycles. The molecule has 5 heteroatoms. The minimum atomic E-state index is -0.992. The molecular weight excluding hydrogens is 166 g/mol. The van der Waals surface area contributed by atoms with Gasteiger partial charge in [-0.3, -0.25) is 0 Å². The summed E-state index contributed by atoms with van der Waals surface area (Å²) >= 11 is 0. The summed E-state index contributed by atoms with van der Waals surface area (Å²) in [5.74, 6) is 0. The highest BCUT2D eigenvalue weighted by atomic mass is 15.6. The van der Waals surface area contributed by atoms with E-state index >= 15 is 0 Å². The van der Waals surface area contributed by atoms with E-state index in [-0.39, 0.29) is 0 Å². The maximum absolute atomic E-state index is 8.82. The van der Waals surface area contributed by atoms with Gasteiger partial charge in [0.25, 0.3) is 5.66 Å². The molecule has 5 nitrogen and oxygen atoms in total. The highest BCUT2D eigenvalue weighted by Gasteiger charge is 2.32. The smallest absolute Gasteiger partial charge is 0.193 e. The molecule has 1 heterocycles. The molecule has 0 aliphatic carbocycles. The lowest BCUT2D eigenvalue weighted by molar-refractivity contribution is 0.478. The summed E-state index contributed by atoms with van der Waals surface area (Å²) in [5.41, 5.74) is -0.992. The van der Waals surface area contributed by atoms with E-state index in [1.807, 2.05) is 6.07 Å². The lowest BCUT2D eigenvalue weighted by Crippen LogP contribution is -2.17. The molecule has 1 rings (SSSR count). The summed E-state index contributed by atoms with van der Waals surface area (Å²) in [5, 5.41) is 23.0. The van der Waals surface area contributed by atoms with Crippen LogP contribution in [0.1, 0.15) is 39.0 Å². The molecule has 1 aliphatic rings. The highest BCUT2D eigenvalue weighted by Crippen LogP contribution is 2.25. The Morgan fingerprint density at radius 3 is 2.38 bits per heavy atom. The molecule has 0 aromatic heterocycles. The predicted molar refractivity (Wildman–Crippen MR) is 46.8 cm³/mol. The second-order valence-corrected chi connectivity index (χ2v) is 3.12. The van der Waals surface area contributed by atoms with Gasteiger partial charge in [-0.25, -0.2) is 0 Å². The average Bonchev–Trinajstić information content (AvgIpc) is 2.62. The highest BCUT2D eigenvalue weighted by molar-refractivity contribution is 5.04. The second kappa shape index (κ2) is 4.65. The van der Waals surface area contributed by atoms with Gasteiger partial charge in [0.1, 0.15) is 6.07 Å². The molecule has 0 spiro atoms. The molecule has 0 atom stereocenters. The molecule has 0 unspecified atom stereocenters. The topological polar surface area (TPSA) is 73.2 Å². The van der Waals surface area contributed by atoms with E-state index in [1.54, 1.807) is 0 Å². The Kier molecular flexibility index (Phi) is 3.50. The number of nitriles is 1. The summed E-state index contributed by atoms with van der Waals surface area (Å²) in [4.78, 5) is 0. The molecule has 0 aromatic rings. The SMILES string of the molecule is CCCCCCC1(C#N)N=NN=N1. The Hall–Kier alpha value is -1.31. The van der Waals surface area contributed by atoms with Crippen LogP contribution < -0.4 is 0 Å². The third-order valence-electron chi connectivity index (χ3n) is 2.02.